The molecule has 1 saturated carbocycles. The maximum absolute atomic E-state index is 6.30. The van der Waals surface area contributed by atoms with E-state index in [1.807, 2.05) is 19.2 Å². The second kappa shape index (κ2) is 5.10. The lowest BCUT2D eigenvalue weighted by atomic mass is 9.81. The highest BCUT2D eigenvalue weighted by molar-refractivity contribution is 5.78. The normalized spacial score (nSPS) is 17.1. The van der Waals surface area contributed by atoms with Gasteiger partial charge in [0, 0.05) is 18.0 Å². The minimum Gasteiger partial charge on any atom is -0.497 e. The number of rotatable bonds is 3. The summed E-state index contributed by atoms with van der Waals surface area (Å²) in [5, 5.41) is 4.74. The molecule has 0 unspecified atom stereocenters. The van der Waals surface area contributed by atoms with E-state index in [-0.39, 0.29) is 5.41 Å². The van der Waals surface area contributed by atoms with Gasteiger partial charge in [-0.3, -0.25) is 4.68 Å². The summed E-state index contributed by atoms with van der Waals surface area (Å²) in [6.07, 6.45) is 4.92. The van der Waals surface area contributed by atoms with Crippen molar-refractivity contribution in [2.45, 2.75) is 38.0 Å². The van der Waals surface area contributed by atoms with Gasteiger partial charge in [-0.1, -0.05) is 31.9 Å². The van der Waals surface area contributed by atoms with Gasteiger partial charge in [0.1, 0.15) is 11.6 Å². The second-order valence-corrected chi connectivity index (χ2v) is 6.23. The van der Waals surface area contributed by atoms with Crippen LogP contribution in [0.25, 0.3) is 11.1 Å². The first kappa shape index (κ1) is 14.0. The number of aromatic nitrogens is 2. The molecule has 2 N–H and O–H groups in total. The van der Waals surface area contributed by atoms with E-state index in [0.29, 0.717) is 0 Å². The molecular formula is C17H23N3O. The molecule has 0 radical (unpaired) electrons. The molecule has 0 spiro atoms. The molecule has 1 aromatic carbocycles. The van der Waals surface area contributed by atoms with Crippen LogP contribution in [0.15, 0.2) is 24.3 Å². The minimum absolute atomic E-state index is 0.143. The molecule has 112 valence electrons. The molecule has 4 heteroatoms. The second-order valence-electron chi connectivity index (χ2n) is 6.23. The lowest BCUT2D eigenvalue weighted by Crippen LogP contribution is -2.19. The number of hydrogen-bond acceptors (Lipinski definition) is 3. The number of aryl methyl sites for hydroxylation is 1. The van der Waals surface area contributed by atoms with Gasteiger partial charge in [0.25, 0.3) is 0 Å². The Morgan fingerprint density at radius 1 is 1.19 bits per heavy atom. The molecule has 1 fully saturated rings. The van der Waals surface area contributed by atoms with Crippen LogP contribution in [-0.2, 0) is 12.5 Å². The van der Waals surface area contributed by atoms with E-state index in [4.69, 9.17) is 15.6 Å². The zero-order valence-electron chi connectivity index (χ0n) is 13.0. The van der Waals surface area contributed by atoms with Gasteiger partial charge in [-0.15, -0.1) is 0 Å². The third kappa shape index (κ3) is 2.28. The van der Waals surface area contributed by atoms with E-state index in [1.165, 1.54) is 25.7 Å². The van der Waals surface area contributed by atoms with E-state index in [1.54, 1.807) is 11.8 Å². The van der Waals surface area contributed by atoms with Crippen LogP contribution in [0, 0.1) is 0 Å². The number of nitrogen functional groups attached to an aromatic ring is 1. The molecule has 21 heavy (non-hydrogen) atoms. The van der Waals surface area contributed by atoms with Gasteiger partial charge in [0.05, 0.1) is 12.8 Å². The van der Waals surface area contributed by atoms with E-state index >= 15 is 0 Å². The van der Waals surface area contributed by atoms with Gasteiger partial charge in [0.2, 0.25) is 0 Å². The summed E-state index contributed by atoms with van der Waals surface area (Å²) in [5.74, 6) is 1.60. The zero-order valence-corrected chi connectivity index (χ0v) is 13.0. The van der Waals surface area contributed by atoms with E-state index in [9.17, 15) is 0 Å². The molecule has 1 aliphatic rings. The van der Waals surface area contributed by atoms with Crippen molar-refractivity contribution in [1.82, 2.24) is 9.78 Å². The third-order valence-corrected chi connectivity index (χ3v) is 4.75. The molecule has 0 amide bonds. The van der Waals surface area contributed by atoms with Crippen LogP contribution in [0.1, 0.15) is 38.3 Å². The van der Waals surface area contributed by atoms with Gasteiger partial charge in [-0.05, 0) is 30.5 Å². The number of anilines is 1. The third-order valence-electron chi connectivity index (χ3n) is 4.75. The number of nitrogens with two attached hydrogens (primary N) is 1. The zero-order chi connectivity index (χ0) is 15.0. The average molecular weight is 285 g/mol. The predicted octanol–water partition coefficient (Wildman–Crippen LogP) is 3.51. The maximum atomic E-state index is 6.30. The highest BCUT2D eigenvalue weighted by Crippen LogP contribution is 2.45. The number of hydrogen-bond donors (Lipinski definition) is 1. The van der Waals surface area contributed by atoms with Gasteiger partial charge in [0.15, 0.2) is 0 Å². The monoisotopic (exact) mass is 285 g/mol. The van der Waals surface area contributed by atoms with Crippen LogP contribution < -0.4 is 10.5 Å². The Bertz CT molecular complexity index is 637. The predicted molar refractivity (Wildman–Crippen MR) is 85.4 cm³/mol. The molecule has 0 bridgehead atoms. The van der Waals surface area contributed by atoms with Gasteiger partial charge < -0.3 is 10.5 Å². The van der Waals surface area contributed by atoms with Crippen molar-refractivity contribution in [1.29, 1.82) is 0 Å². The molecule has 1 aliphatic carbocycles. The van der Waals surface area contributed by atoms with Crippen molar-refractivity contribution >= 4 is 5.82 Å². The summed E-state index contributed by atoms with van der Waals surface area (Å²) >= 11 is 0. The Hall–Kier alpha value is -1.97. The molecule has 1 heterocycles. The van der Waals surface area contributed by atoms with Crippen molar-refractivity contribution in [3.63, 3.8) is 0 Å². The van der Waals surface area contributed by atoms with Crippen LogP contribution in [0.5, 0.6) is 5.75 Å². The van der Waals surface area contributed by atoms with E-state index in [0.717, 1.165) is 28.4 Å². The fourth-order valence-electron chi connectivity index (χ4n) is 3.39. The van der Waals surface area contributed by atoms with Gasteiger partial charge >= 0.3 is 0 Å². The number of nitrogens with zero attached hydrogens (tertiary/aromatic N) is 2. The van der Waals surface area contributed by atoms with Crippen LogP contribution in [0.2, 0.25) is 0 Å². The smallest absolute Gasteiger partial charge is 0.129 e. The average Bonchev–Trinajstić information content (AvgIpc) is 3.06. The number of benzene rings is 1. The molecule has 3 rings (SSSR count). The molecule has 4 nitrogen and oxygen atoms in total. The largest absolute Gasteiger partial charge is 0.497 e. The molecule has 0 saturated heterocycles. The van der Waals surface area contributed by atoms with Crippen molar-refractivity contribution in [2.24, 2.45) is 7.05 Å². The summed E-state index contributed by atoms with van der Waals surface area (Å²) < 4.78 is 7.04. The summed E-state index contributed by atoms with van der Waals surface area (Å²) in [6, 6.07) is 8.08. The van der Waals surface area contributed by atoms with Crippen LogP contribution in [-0.4, -0.2) is 16.9 Å². The van der Waals surface area contributed by atoms with Crippen molar-refractivity contribution < 1.29 is 4.74 Å². The van der Waals surface area contributed by atoms with Crippen molar-refractivity contribution in [3.05, 3.63) is 30.0 Å². The quantitative estimate of drug-likeness (QED) is 0.939. The fourth-order valence-corrected chi connectivity index (χ4v) is 3.39. The summed E-state index contributed by atoms with van der Waals surface area (Å²) in [5.41, 5.74) is 9.79. The first-order valence-corrected chi connectivity index (χ1v) is 7.52. The Morgan fingerprint density at radius 3 is 2.38 bits per heavy atom. The minimum atomic E-state index is 0.143. The topological polar surface area (TPSA) is 53.1 Å². The Labute approximate surface area is 125 Å². The Kier molecular flexibility index (Phi) is 3.40. The first-order chi connectivity index (χ1) is 10.0. The summed E-state index contributed by atoms with van der Waals surface area (Å²) in [4.78, 5) is 0. The maximum Gasteiger partial charge on any atom is 0.129 e. The Morgan fingerprint density at radius 2 is 1.81 bits per heavy atom. The molecule has 0 atom stereocenters. The Balaban J connectivity index is 2.12. The fraction of sp³-hybridized carbons (Fsp3) is 0.471. The number of ether oxygens (including phenoxy) is 1. The standard InChI is InChI=1S/C17H23N3O/c1-17(10-4-5-11-17)15-14(16(18)20(2)19-15)12-6-8-13(21-3)9-7-12/h6-9H,4-5,10-11,18H2,1-3H3. The van der Waals surface area contributed by atoms with Crippen molar-refractivity contribution in [2.75, 3.05) is 12.8 Å². The lowest BCUT2D eigenvalue weighted by molar-refractivity contribution is 0.415. The molecular weight excluding hydrogens is 262 g/mol. The lowest BCUT2D eigenvalue weighted by Gasteiger charge is -2.22. The SMILES string of the molecule is COc1ccc(-c2c(C3(C)CCCC3)nn(C)c2N)cc1. The van der Waals surface area contributed by atoms with Crippen molar-refractivity contribution in [3.8, 4) is 16.9 Å². The van der Waals surface area contributed by atoms with Crippen LogP contribution in [0.3, 0.4) is 0 Å². The molecule has 0 aliphatic heterocycles. The van der Waals surface area contributed by atoms with E-state index in [2.05, 4.69) is 19.1 Å². The van der Waals surface area contributed by atoms with E-state index < -0.39 is 0 Å². The molecule has 2 aromatic rings. The highest BCUT2D eigenvalue weighted by Gasteiger charge is 2.36. The highest BCUT2D eigenvalue weighted by atomic mass is 16.5. The van der Waals surface area contributed by atoms with Gasteiger partial charge in [-0.25, -0.2) is 0 Å². The molecule has 1 aromatic heterocycles. The number of methoxy groups -OCH3 is 1. The van der Waals surface area contributed by atoms with Crippen LogP contribution in [0.4, 0.5) is 5.82 Å². The summed E-state index contributed by atoms with van der Waals surface area (Å²) in [7, 11) is 3.60. The first-order valence-electron chi connectivity index (χ1n) is 7.52. The van der Waals surface area contributed by atoms with Crippen LogP contribution >= 0.6 is 0 Å². The van der Waals surface area contributed by atoms with Gasteiger partial charge in [-0.2, -0.15) is 5.10 Å². The summed E-state index contributed by atoms with van der Waals surface area (Å²) in [6.45, 7) is 2.31.